The molecule has 3 unspecified atom stereocenters. The molecule has 6 nitrogen and oxygen atoms in total. The molecular formula is C8H14N2O4. The summed E-state index contributed by atoms with van der Waals surface area (Å²) in [6, 6.07) is -1.13. The smallest absolute Gasteiger partial charge is 0.320 e. The highest BCUT2D eigenvalue weighted by atomic mass is 16.4. The van der Waals surface area contributed by atoms with Gasteiger partial charge in [-0.05, 0) is 0 Å². The van der Waals surface area contributed by atoms with Crippen LogP contribution in [0.2, 0.25) is 0 Å². The molecule has 0 aliphatic carbocycles. The zero-order valence-electron chi connectivity index (χ0n) is 7.86. The zero-order valence-corrected chi connectivity index (χ0v) is 7.86. The van der Waals surface area contributed by atoms with Gasteiger partial charge >= 0.3 is 5.97 Å². The van der Waals surface area contributed by atoms with E-state index in [2.05, 4.69) is 10.6 Å². The Morgan fingerprint density at radius 1 is 1.50 bits per heavy atom. The summed E-state index contributed by atoms with van der Waals surface area (Å²) in [6.07, 6.45) is -0.693. The van der Waals surface area contributed by atoms with Crippen molar-refractivity contribution in [2.24, 2.45) is 0 Å². The van der Waals surface area contributed by atoms with Gasteiger partial charge in [0.25, 0.3) is 0 Å². The van der Waals surface area contributed by atoms with E-state index in [0.717, 1.165) is 0 Å². The average molecular weight is 202 g/mol. The summed E-state index contributed by atoms with van der Waals surface area (Å²) in [4.78, 5) is 21.3. The van der Waals surface area contributed by atoms with Crippen molar-refractivity contribution in [2.45, 2.75) is 31.5 Å². The van der Waals surface area contributed by atoms with Gasteiger partial charge in [0, 0.05) is 19.9 Å². The number of aliphatic hydroxyl groups excluding tert-OH is 1. The van der Waals surface area contributed by atoms with Crippen molar-refractivity contribution in [3.63, 3.8) is 0 Å². The van der Waals surface area contributed by atoms with E-state index in [1.54, 1.807) is 0 Å². The van der Waals surface area contributed by atoms with Gasteiger partial charge in [-0.1, -0.05) is 0 Å². The Balaban J connectivity index is 2.47. The first kappa shape index (κ1) is 10.9. The summed E-state index contributed by atoms with van der Waals surface area (Å²) in [6.45, 7) is 1.63. The average Bonchev–Trinajstić information content (AvgIpc) is 2.07. The number of carboxylic acid groups (broad SMARTS) is 1. The number of carbonyl (C=O) groups excluding carboxylic acids is 1. The number of rotatable bonds is 2. The first-order chi connectivity index (χ1) is 6.50. The Morgan fingerprint density at radius 3 is 2.57 bits per heavy atom. The molecule has 0 radical (unpaired) electrons. The first-order valence-electron chi connectivity index (χ1n) is 4.42. The van der Waals surface area contributed by atoms with Crippen LogP contribution in [0.1, 0.15) is 13.3 Å². The number of carboxylic acids is 1. The van der Waals surface area contributed by atoms with Gasteiger partial charge in [0.15, 0.2) is 0 Å². The third kappa shape index (κ3) is 2.68. The molecule has 1 aliphatic heterocycles. The Morgan fingerprint density at radius 2 is 2.14 bits per heavy atom. The number of piperidine rings is 1. The molecular weight excluding hydrogens is 188 g/mol. The van der Waals surface area contributed by atoms with Gasteiger partial charge < -0.3 is 20.8 Å². The fraction of sp³-hybridized carbons (Fsp3) is 0.750. The minimum Gasteiger partial charge on any atom is -0.480 e. The monoisotopic (exact) mass is 202 g/mol. The van der Waals surface area contributed by atoms with Crippen LogP contribution in [0.4, 0.5) is 0 Å². The lowest BCUT2D eigenvalue weighted by Crippen LogP contribution is -2.58. The maximum Gasteiger partial charge on any atom is 0.320 e. The third-order valence-corrected chi connectivity index (χ3v) is 2.21. The number of nitrogens with one attached hydrogen (secondary N) is 2. The van der Waals surface area contributed by atoms with E-state index < -0.39 is 24.2 Å². The van der Waals surface area contributed by atoms with E-state index in [0.29, 0.717) is 0 Å². The van der Waals surface area contributed by atoms with E-state index in [1.807, 2.05) is 0 Å². The highest BCUT2D eigenvalue weighted by molar-refractivity contribution is 5.74. The SMILES string of the molecule is CC(=O)NC1CNC(C(=O)O)CC1O. The molecule has 0 saturated carbocycles. The van der Waals surface area contributed by atoms with Crippen LogP contribution in [0.25, 0.3) is 0 Å². The molecule has 0 aromatic heterocycles. The summed E-state index contributed by atoms with van der Waals surface area (Å²) < 4.78 is 0. The number of carbonyl (C=O) groups is 2. The molecule has 1 fully saturated rings. The van der Waals surface area contributed by atoms with Crippen molar-refractivity contribution in [1.29, 1.82) is 0 Å². The molecule has 6 heteroatoms. The van der Waals surface area contributed by atoms with E-state index in [4.69, 9.17) is 5.11 Å². The lowest BCUT2D eigenvalue weighted by Gasteiger charge is -2.32. The highest BCUT2D eigenvalue weighted by Gasteiger charge is 2.32. The second-order valence-corrected chi connectivity index (χ2v) is 3.41. The van der Waals surface area contributed by atoms with Gasteiger partial charge in [-0.25, -0.2) is 0 Å². The lowest BCUT2D eigenvalue weighted by molar-refractivity contribution is -0.141. The van der Waals surface area contributed by atoms with Gasteiger partial charge in [-0.3, -0.25) is 9.59 Å². The van der Waals surface area contributed by atoms with Crippen LogP contribution in [-0.4, -0.2) is 46.8 Å². The van der Waals surface area contributed by atoms with Crippen molar-refractivity contribution in [2.75, 3.05) is 6.54 Å². The number of hydrogen-bond acceptors (Lipinski definition) is 4. The van der Waals surface area contributed by atoms with Crippen LogP contribution in [0.5, 0.6) is 0 Å². The van der Waals surface area contributed by atoms with Crippen LogP contribution >= 0.6 is 0 Å². The minimum atomic E-state index is -0.981. The van der Waals surface area contributed by atoms with Crippen molar-refractivity contribution < 1.29 is 19.8 Å². The third-order valence-electron chi connectivity index (χ3n) is 2.21. The van der Waals surface area contributed by atoms with Crippen molar-refractivity contribution in [3.05, 3.63) is 0 Å². The molecule has 14 heavy (non-hydrogen) atoms. The number of hydrogen-bond donors (Lipinski definition) is 4. The second-order valence-electron chi connectivity index (χ2n) is 3.41. The molecule has 1 saturated heterocycles. The molecule has 1 rings (SSSR count). The maximum absolute atomic E-state index is 10.7. The lowest BCUT2D eigenvalue weighted by atomic mass is 9.97. The first-order valence-corrected chi connectivity index (χ1v) is 4.42. The van der Waals surface area contributed by atoms with E-state index in [-0.39, 0.29) is 18.9 Å². The predicted octanol–water partition coefficient (Wildman–Crippen LogP) is -1.70. The number of aliphatic hydroxyl groups is 1. The zero-order chi connectivity index (χ0) is 10.7. The van der Waals surface area contributed by atoms with E-state index >= 15 is 0 Å². The minimum absolute atomic E-state index is 0.111. The van der Waals surface area contributed by atoms with Crippen molar-refractivity contribution in [3.8, 4) is 0 Å². The molecule has 4 N–H and O–H groups in total. The normalized spacial score (nSPS) is 32.3. The van der Waals surface area contributed by atoms with Crippen LogP contribution in [0, 0.1) is 0 Å². The van der Waals surface area contributed by atoms with Gasteiger partial charge in [0.1, 0.15) is 6.04 Å². The standard InChI is InChI=1S/C8H14N2O4/c1-4(11)10-6-3-9-5(8(13)14)2-7(6)12/h5-7,9,12H,2-3H2,1H3,(H,10,11)(H,13,14). The predicted molar refractivity (Wildman–Crippen MR) is 47.7 cm³/mol. The van der Waals surface area contributed by atoms with Crippen molar-refractivity contribution >= 4 is 11.9 Å². The summed E-state index contributed by atoms with van der Waals surface area (Å²) in [5.41, 5.74) is 0. The highest BCUT2D eigenvalue weighted by Crippen LogP contribution is 2.09. The van der Waals surface area contributed by atoms with Gasteiger partial charge in [0.05, 0.1) is 12.1 Å². The Kier molecular flexibility index (Phi) is 3.43. The molecule has 0 aromatic carbocycles. The molecule has 0 aromatic rings. The molecule has 0 bridgehead atoms. The summed E-state index contributed by atoms with van der Waals surface area (Å²) >= 11 is 0. The quantitative estimate of drug-likeness (QED) is 0.428. The van der Waals surface area contributed by atoms with Gasteiger partial charge in [-0.15, -0.1) is 0 Å². The maximum atomic E-state index is 10.7. The van der Waals surface area contributed by atoms with Crippen LogP contribution in [-0.2, 0) is 9.59 Å². The second kappa shape index (κ2) is 4.39. The summed E-state index contributed by atoms with van der Waals surface area (Å²) in [7, 11) is 0. The Labute approximate surface area is 81.3 Å². The summed E-state index contributed by atoms with van der Waals surface area (Å²) in [5, 5.41) is 23.5. The van der Waals surface area contributed by atoms with E-state index in [9.17, 15) is 14.7 Å². The molecule has 1 amide bonds. The van der Waals surface area contributed by atoms with E-state index in [1.165, 1.54) is 6.92 Å². The van der Waals surface area contributed by atoms with Crippen LogP contribution in [0.3, 0.4) is 0 Å². The summed E-state index contributed by atoms with van der Waals surface area (Å²) in [5.74, 6) is -1.21. The molecule has 0 spiro atoms. The molecule has 3 atom stereocenters. The Hall–Kier alpha value is -1.14. The van der Waals surface area contributed by atoms with Crippen molar-refractivity contribution in [1.82, 2.24) is 10.6 Å². The van der Waals surface area contributed by atoms with Crippen LogP contribution < -0.4 is 10.6 Å². The number of aliphatic carboxylic acids is 1. The van der Waals surface area contributed by atoms with Gasteiger partial charge in [-0.2, -0.15) is 0 Å². The van der Waals surface area contributed by atoms with Crippen LogP contribution in [0.15, 0.2) is 0 Å². The topological polar surface area (TPSA) is 98.7 Å². The van der Waals surface area contributed by atoms with Gasteiger partial charge in [0.2, 0.25) is 5.91 Å². The number of amides is 1. The fourth-order valence-corrected chi connectivity index (χ4v) is 1.49. The molecule has 1 heterocycles. The Bertz CT molecular complexity index is 243. The largest absolute Gasteiger partial charge is 0.480 e. The molecule has 1 aliphatic rings. The molecule has 80 valence electrons. The fourth-order valence-electron chi connectivity index (χ4n) is 1.49.